The number of nitrogens with zero attached hydrogens (tertiary/aromatic N) is 3. The number of fused-ring (bicyclic) bond motifs is 1. The topological polar surface area (TPSA) is 41.0 Å². The molecule has 2 aromatic carbocycles. The zero-order chi connectivity index (χ0) is 16.9. The van der Waals surface area contributed by atoms with E-state index in [2.05, 4.69) is 58.4 Å². The fourth-order valence-electron chi connectivity index (χ4n) is 2.64. The molecule has 0 unspecified atom stereocenters. The Balaban J connectivity index is 1.77. The highest BCUT2D eigenvalue weighted by Crippen LogP contribution is 2.21. The van der Waals surface area contributed by atoms with Crippen LogP contribution in [0.15, 0.2) is 48.8 Å². The lowest BCUT2D eigenvalue weighted by atomic mass is 10.1. The molecule has 0 saturated carbocycles. The van der Waals surface area contributed by atoms with E-state index in [9.17, 15) is 4.39 Å². The molecule has 0 aliphatic heterocycles. The van der Waals surface area contributed by atoms with Crippen molar-refractivity contribution in [3.63, 3.8) is 0 Å². The van der Waals surface area contributed by atoms with Crippen LogP contribution < -0.4 is 5.32 Å². The summed E-state index contributed by atoms with van der Waals surface area (Å²) < 4.78 is 13.8. The Kier molecular flexibility index (Phi) is 5.01. The van der Waals surface area contributed by atoms with Crippen LogP contribution in [0.2, 0.25) is 0 Å². The van der Waals surface area contributed by atoms with E-state index in [1.165, 1.54) is 23.5 Å². The first-order valence-electron chi connectivity index (χ1n) is 8.07. The van der Waals surface area contributed by atoms with Crippen LogP contribution in [0.4, 0.5) is 10.2 Å². The van der Waals surface area contributed by atoms with Gasteiger partial charge >= 0.3 is 0 Å². The maximum absolute atomic E-state index is 13.8. The van der Waals surface area contributed by atoms with Crippen LogP contribution in [-0.4, -0.2) is 28.5 Å². The summed E-state index contributed by atoms with van der Waals surface area (Å²) in [5.74, 6) is 0.318. The van der Waals surface area contributed by atoms with Crippen molar-refractivity contribution in [3.8, 4) is 0 Å². The zero-order valence-electron chi connectivity index (χ0n) is 14.0. The van der Waals surface area contributed by atoms with Gasteiger partial charge in [0.05, 0.1) is 0 Å². The number of anilines is 1. The summed E-state index contributed by atoms with van der Waals surface area (Å²) in [5.41, 5.74) is 2.78. The van der Waals surface area contributed by atoms with Gasteiger partial charge in [0, 0.05) is 18.5 Å². The van der Waals surface area contributed by atoms with Gasteiger partial charge in [0.25, 0.3) is 0 Å². The zero-order valence-corrected chi connectivity index (χ0v) is 14.0. The van der Waals surface area contributed by atoms with Crippen molar-refractivity contribution in [1.29, 1.82) is 0 Å². The fourth-order valence-corrected chi connectivity index (χ4v) is 2.64. The lowest BCUT2D eigenvalue weighted by molar-refractivity contribution is 0.345. The van der Waals surface area contributed by atoms with Gasteiger partial charge in [0.2, 0.25) is 0 Å². The minimum absolute atomic E-state index is 0.331. The molecule has 24 heavy (non-hydrogen) atoms. The van der Waals surface area contributed by atoms with Gasteiger partial charge in [0.1, 0.15) is 23.5 Å². The van der Waals surface area contributed by atoms with Gasteiger partial charge in [-0.15, -0.1) is 0 Å². The van der Waals surface area contributed by atoms with Gasteiger partial charge in [0.15, 0.2) is 0 Å². The molecule has 0 atom stereocenters. The van der Waals surface area contributed by atoms with Crippen LogP contribution in [0.5, 0.6) is 0 Å². The van der Waals surface area contributed by atoms with Gasteiger partial charge in [-0.1, -0.05) is 37.3 Å². The third-order valence-corrected chi connectivity index (χ3v) is 4.06. The molecular weight excluding hydrogens is 303 g/mol. The molecule has 0 radical (unpaired) electrons. The van der Waals surface area contributed by atoms with Crippen molar-refractivity contribution in [1.82, 2.24) is 14.9 Å². The van der Waals surface area contributed by atoms with Crippen molar-refractivity contribution in [2.45, 2.75) is 20.0 Å². The number of rotatable bonds is 6. The summed E-state index contributed by atoms with van der Waals surface area (Å²) in [6, 6.07) is 13.4. The molecule has 3 rings (SSSR count). The fraction of sp³-hybridized carbons (Fsp3) is 0.263. The molecule has 0 fully saturated rings. The SMILES string of the molecule is CCN(C)Cc1cccc(CNc2ncnc3c(F)cccc23)c1. The molecule has 1 N–H and O–H groups in total. The van der Waals surface area contributed by atoms with E-state index in [-0.39, 0.29) is 5.82 Å². The van der Waals surface area contributed by atoms with E-state index in [1.54, 1.807) is 6.07 Å². The van der Waals surface area contributed by atoms with E-state index in [0.717, 1.165) is 13.1 Å². The van der Waals surface area contributed by atoms with E-state index in [1.807, 2.05) is 6.07 Å². The molecule has 3 aromatic rings. The van der Waals surface area contributed by atoms with Crippen molar-refractivity contribution in [2.75, 3.05) is 18.9 Å². The van der Waals surface area contributed by atoms with Gasteiger partial charge in [-0.3, -0.25) is 0 Å². The Morgan fingerprint density at radius 1 is 1.08 bits per heavy atom. The number of nitrogens with one attached hydrogen (secondary N) is 1. The maximum Gasteiger partial charge on any atom is 0.149 e. The monoisotopic (exact) mass is 324 g/mol. The summed E-state index contributed by atoms with van der Waals surface area (Å²) in [6.45, 7) is 4.71. The summed E-state index contributed by atoms with van der Waals surface area (Å²) in [5, 5.41) is 3.99. The minimum atomic E-state index is -0.331. The number of para-hydroxylation sites is 1. The molecule has 1 aromatic heterocycles. The van der Waals surface area contributed by atoms with Crippen LogP contribution in [0.25, 0.3) is 10.9 Å². The standard InChI is InChI=1S/C19H21FN4/c1-3-24(2)12-15-7-4-6-14(10-15)11-21-19-16-8-5-9-17(20)18(16)22-13-23-19/h4-10,13H,3,11-12H2,1-2H3,(H,21,22,23). The molecule has 0 aliphatic rings. The predicted octanol–water partition coefficient (Wildman–Crippen LogP) is 3.83. The molecule has 5 heteroatoms. The van der Waals surface area contributed by atoms with E-state index in [0.29, 0.717) is 23.3 Å². The third-order valence-electron chi connectivity index (χ3n) is 4.06. The van der Waals surface area contributed by atoms with Crippen molar-refractivity contribution >= 4 is 16.7 Å². The molecule has 0 amide bonds. The first kappa shape index (κ1) is 16.3. The highest BCUT2D eigenvalue weighted by Gasteiger charge is 2.07. The quantitative estimate of drug-likeness (QED) is 0.748. The Morgan fingerprint density at radius 2 is 1.88 bits per heavy atom. The second kappa shape index (κ2) is 7.36. The average molecular weight is 324 g/mol. The van der Waals surface area contributed by atoms with Crippen LogP contribution in [0.1, 0.15) is 18.1 Å². The second-order valence-corrected chi connectivity index (χ2v) is 5.86. The first-order chi connectivity index (χ1) is 11.7. The molecule has 124 valence electrons. The van der Waals surface area contributed by atoms with Gasteiger partial charge < -0.3 is 10.2 Å². The molecule has 0 saturated heterocycles. The summed E-state index contributed by atoms with van der Waals surface area (Å²) in [7, 11) is 2.10. The maximum atomic E-state index is 13.8. The third kappa shape index (κ3) is 3.68. The van der Waals surface area contributed by atoms with Gasteiger partial charge in [-0.05, 0) is 36.9 Å². The molecule has 0 bridgehead atoms. The minimum Gasteiger partial charge on any atom is -0.365 e. The van der Waals surface area contributed by atoms with E-state index < -0.39 is 0 Å². The number of benzene rings is 2. The van der Waals surface area contributed by atoms with Crippen molar-refractivity contribution < 1.29 is 4.39 Å². The molecule has 0 aliphatic carbocycles. The lowest BCUT2D eigenvalue weighted by Crippen LogP contribution is -2.16. The summed E-state index contributed by atoms with van der Waals surface area (Å²) >= 11 is 0. The Hall–Kier alpha value is -2.53. The predicted molar refractivity (Wildman–Crippen MR) is 95.3 cm³/mol. The van der Waals surface area contributed by atoms with E-state index >= 15 is 0 Å². The smallest absolute Gasteiger partial charge is 0.149 e. The Bertz CT molecular complexity index is 834. The lowest BCUT2D eigenvalue weighted by Gasteiger charge is -2.15. The highest BCUT2D eigenvalue weighted by atomic mass is 19.1. The first-order valence-corrected chi connectivity index (χ1v) is 8.07. The van der Waals surface area contributed by atoms with Crippen LogP contribution in [-0.2, 0) is 13.1 Å². The Morgan fingerprint density at radius 3 is 2.71 bits per heavy atom. The van der Waals surface area contributed by atoms with Crippen molar-refractivity contribution in [2.24, 2.45) is 0 Å². The molecule has 4 nitrogen and oxygen atoms in total. The number of hydrogen-bond donors (Lipinski definition) is 1. The summed E-state index contributed by atoms with van der Waals surface area (Å²) in [4.78, 5) is 10.5. The average Bonchev–Trinajstić information content (AvgIpc) is 2.60. The van der Waals surface area contributed by atoms with Gasteiger partial charge in [-0.2, -0.15) is 0 Å². The second-order valence-electron chi connectivity index (χ2n) is 5.86. The number of aromatic nitrogens is 2. The largest absolute Gasteiger partial charge is 0.365 e. The van der Waals surface area contributed by atoms with Gasteiger partial charge in [-0.25, -0.2) is 14.4 Å². The van der Waals surface area contributed by atoms with Crippen LogP contribution in [0.3, 0.4) is 0 Å². The van der Waals surface area contributed by atoms with Crippen LogP contribution >= 0.6 is 0 Å². The number of hydrogen-bond acceptors (Lipinski definition) is 4. The summed E-state index contributed by atoms with van der Waals surface area (Å²) in [6.07, 6.45) is 1.39. The molecule has 0 spiro atoms. The molecule has 1 heterocycles. The molecular formula is C19H21FN4. The van der Waals surface area contributed by atoms with E-state index in [4.69, 9.17) is 0 Å². The Labute approximate surface area is 141 Å². The highest BCUT2D eigenvalue weighted by molar-refractivity contribution is 5.89. The number of halogens is 1. The van der Waals surface area contributed by atoms with Crippen LogP contribution in [0, 0.1) is 5.82 Å². The normalized spacial score (nSPS) is 11.2. The van der Waals surface area contributed by atoms with Crippen molar-refractivity contribution in [3.05, 3.63) is 65.7 Å².